The Morgan fingerprint density at radius 1 is 1.39 bits per heavy atom. The summed E-state index contributed by atoms with van der Waals surface area (Å²) in [5, 5.41) is 11.5. The maximum atomic E-state index is 12.2. The summed E-state index contributed by atoms with van der Waals surface area (Å²) >= 11 is 1.58. The van der Waals surface area contributed by atoms with Gasteiger partial charge in [-0.2, -0.15) is 11.8 Å². The summed E-state index contributed by atoms with van der Waals surface area (Å²) in [5.41, 5.74) is 1.58. The van der Waals surface area contributed by atoms with Crippen molar-refractivity contribution in [3.05, 3.63) is 29.8 Å². The first kappa shape index (κ1) is 17.8. The minimum atomic E-state index is -0.776. The summed E-state index contributed by atoms with van der Waals surface area (Å²) in [6.45, 7) is 0. The average molecular weight is 337 g/mol. The lowest BCUT2D eigenvalue weighted by Gasteiger charge is -2.39. The van der Waals surface area contributed by atoms with Crippen molar-refractivity contribution in [1.29, 1.82) is 0 Å². The first-order chi connectivity index (χ1) is 11.0. The standard InChI is InChI=1S/C17H23NO4S/c1-22-17(7-3-8-17)11-15(19)18-14-5-2-4-13(10-14)12-23-9-6-16(20)21/h2,4-5,10H,3,6-9,11-12H2,1H3,(H,18,19)(H,20,21). The quantitative estimate of drug-likeness (QED) is 0.676. The van der Waals surface area contributed by atoms with E-state index in [1.807, 2.05) is 24.3 Å². The molecule has 0 aromatic heterocycles. The molecule has 1 aromatic rings. The molecular formula is C17H23NO4S. The molecule has 126 valence electrons. The molecule has 0 aliphatic heterocycles. The molecule has 5 nitrogen and oxygen atoms in total. The molecule has 6 heteroatoms. The Kier molecular flexibility index (Phi) is 6.47. The van der Waals surface area contributed by atoms with E-state index >= 15 is 0 Å². The number of carbonyl (C=O) groups is 2. The Bertz CT molecular complexity index is 552. The number of aliphatic carboxylic acids is 1. The first-order valence-corrected chi connectivity index (χ1v) is 8.92. The SMILES string of the molecule is COC1(CC(=O)Nc2cccc(CSCCC(=O)O)c2)CCC1. The third-order valence-corrected chi connectivity index (χ3v) is 5.15. The van der Waals surface area contributed by atoms with Crippen LogP contribution < -0.4 is 5.32 Å². The zero-order valence-corrected chi connectivity index (χ0v) is 14.2. The lowest BCUT2D eigenvalue weighted by molar-refractivity contribution is -0.136. The van der Waals surface area contributed by atoms with Gasteiger partial charge in [0.2, 0.25) is 5.91 Å². The van der Waals surface area contributed by atoms with E-state index in [1.165, 1.54) is 0 Å². The Balaban J connectivity index is 1.82. The van der Waals surface area contributed by atoms with Gasteiger partial charge in [-0.15, -0.1) is 0 Å². The van der Waals surface area contributed by atoms with Crippen molar-refractivity contribution < 1.29 is 19.4 Å². The van der Waals surface area contributed by atoms with Crippen LogP contribution in [-0.2, 0) is 20.1 Å². The topological polar surface area (TPSA) is 75.6 Å². The van der Waals surface area contributed by atoms with E-state index in [0.29, 0.717) is 12.2 Å². The zero-order valence-electron chi connectivity index (χ0n) is 13.3. The van der Waals surface area contributed by atoms with Crippen molar-refractivity contribution in [2.24, 2.45) is 0 Å². The van der Waals surface area contributed by atoms with Gasteiger partial charge in [-0.3, -0.25) is 9.59 Å². The zero-order chi connectivity index (χ0) is 16.7. The van der Waals surface area contributed by atoms with Gasteiger partial charge in [0.25, 0.3) is 0 Å². The van der Waals surface area contributed by atoms with Crippen molar-refractivity contribution in [3.8, 4) is 0 Å². The highest BCUT2D eigenvalue weighted by Crippen LogP contribution is 2.38. The predicted molar refractivity (Wildman–Crippen MR) is 91.7 cm³/mol. The molecule has 1 fully saturated rings. The number of rotatable bonds is 9. The van der Waals surface area contributed by atoms with Gasteiger partial charge in [0, 0.05) is 24.3 Å². The normalized spacial score (nSPS) is 15.7. The van der Waals surface area contributed by atoms with Gasteiger partial charge in [0.05, 0.1) is 18.4 Å². The van der Waals surface area contributed by atoms with Crippen LogP contribution in [0.25, 0.3) is 0 Å². The molecule has 1 aliphatic carbocycles. The molecule has 0 heterocycles. The Morgan fingerprint density at radius 3 is 2.78 bits per heavy atom. The van der Waals surface area contributed by atoms with Crippen LogP contribution in [0.15, 0.2) is 24.3 Å². The lowest BCUT2D eigenvalue weighted by atomic mass is 9.77. The maximum absolute atomic E-state index is 12.2. The number of anilines is 1. The van der Waals surface area contributed by atoms with Crippen molar-refractivity contribution >= 4 is 29.3 Å². The maximum Gasteiger partial charge on any atom is 0.304 e. The summed E-state index contributed by atoms with van der Waals surface area (Å²) in [6.07, 6.45) is 3.56. The second-order valence-corrected chi connectivity index (χ2v) is 6.97. The number of carboxylic acids is 1. The molecule has 0 unspecified atom stereocenters. The molecule has 1 aromatic carbocycles. The van der Waals surface area contributed by atoms with E-state index in [2.05, 4.69) is 5.32 Å². The number of carboxylic acid groups (broad SMARTS) is 1. The monoisotopic (exact) mass is 337 g/mol. The number of ether oxygens (including phenoxy) is 1. The van der Waals surface area contributed by atoms with Crippen LogP contribution in [0.5, 0.6) is 0 Å². The van der Waals surface area contributed by atoms with Crippen molar-refractivity contribution in [1.82, 2.24) is 0 Å². The van der Waals surface area contributed by atoms with E-state index < -0.39 is 5.97 Å². The summed E-state index contributed by atoms with van der Waals surface area (Å²) in [7, 11) is 1.67. The summed E-state index contributed by atoms with van der Waals surface area (Å²) in [4.78, 5) is 22.6. The predicted octanol–water partition coefficient (Wildman–Crippen LogP) is 3.29. The molecule has 0 spiro atoms. The van der Waals surface area contributed by atoms with Crippen LogP contribution in [0.4, 0.5) is 5.69 Å². The van der Waals surface area contributed by atoms with Gasteiger partial charge in [-0.05, 0) is 37.0 Å². The van der Waals surface area contributed by atoms with Crippen molar-refractivity contribution in [2.75, 3.05) is 18.2 Å². The number of methoxy groups -OCH3 is 1. The molecule has 1 aliphatic rings. The molecule has 0 radical (unpaired) electrons. The van der Waals surface area contributed by atoms with Crippen molar-refractivity contribution in [2.45, 2.75) is 43.5 Å². The molecule has 23 heavy (non-hydrogen) atoms. The minimum Gasteiger partial charge on any atom is -0.481 e. The number of nitrogens with one attached hydrogen (secondary N) is 1. The summed E-state index contributed by atoms with van der Waals surface area (Å²) in [6, 6.07) is 7.68. The molecular weight excluding hydrogens is 314 g/mol. The van der Waals surface area contributed by atoms with E-state index in [0.717, 1.165) is 36.3 Å². The number of carbonyl (C=O) groups excluding carboxylic acids is 1. The van der Waals surface area contributed by atoms with Gasteiger partial charge >= 0.3 is 5.97 Å². The Morgan fingerprint density at radius 2 is 2.17 bits per heavy atom. The van der Waals surface area contributed by atoms with Crippen LogP contribution in [0.3, 0.4) is 0 Å². The highest BCUT2D eigenvalue weighted by molar-refractivity contribution is 7.98. The van der Waals surface area contributed by atoms with Crippen molar-refractivity contribution in [3.63, 3.8) is 0 Å². The van der Waals surface area contributed by atoms with E-state index in [4.69, 9.17) is 9.84 Å². The number of amides is 1. The second kappa shape index (κ2) is 8.36. The van der Waals surface area contributed by atoms with Crippen LogP contribution in [0.2, 0.25) is 0 Å². The van der Waals surface area contributed by atoms with Crippen LogP contribution >= 0.6 is 11.8 Å². The summed E-state index contributed by atoms with van der Waals surface area (Å²) < 4.78 is 5.48. The third kappa shape index (κ3) is 5.55. The third-order valence-electron chi connectivity index (χ3n) is 4.12. The number of hydrogen-bond acceptors (Lipinski definition) is 4. The van der Waals surface area contributed by atoms with Gasteiger partial charge in [-0.25, -0.2) is 0 Å². The van der Waals surface area contributed by atoms with Gasteiger partial charge < -0.3 is 15.2 Å². The number of thioether (sulfide) groups is 1. The molecule has 0 bridgehead atoms. The van der Waals surface area contributed by atoms with E-state index in [1.54, 1.807) is 18.9 Å². The highest BCUT2D eigenvalue weighted by atomic mass is 32.2. The number of benzene rings is 1. The lowest BCUT2D eigenvalue weighted by Crippen LogP contribution is -2.42. The second-order valence-electron chi connectivity index (χ2n) is 5.86. The molecule has 1 saturated carbocycles. The van der Waals surface area contributed by atoms with Gasteiger partial charge in [0.15, 0.2) is 0 Å². The minimum absolute atomic E-state index is 0.0257. The van der Waals surface area contributed by atoms with Gasteiger partial charge in [-0.1, -0.05) is 12.1 Å². The first-order valence-electron chi connectivity index (χ1n) is 7.76. The molecule has 1 amide bonds. The Labute approximate surface area is 140 Å². The van der Waals surface area contributed by atoms with Gasteiger partial charge in [0.1, 0.15) is 0 Å². The molecule has 2 rings (SSSR count). The fourth-order valence-electron chi connectivity index (χ4n) is 2.61. The fourth-order valence-corrected chi connectivity index (χ4v) is 3.49. The average Bonchev–Trinajstić information content (AvgIpc) is 2.48. The summed E-state index contributed by atoms with van der Waals surface area (Å²) in [5.74, 6) is 0.519. The van der Waals surface area contributed by atoms with E-state index in [-0.39, 0.29) is 17.9 Å². The van der Waals surface area contributed by atoms with Crippen LogP contribution in [0.1, 0.15) is 37.7 Å². The number of hydrogen-bond donors (Lipinski definition) is 2. The van der Waals surface area contributed by atoms with Crippen LogP contribution in [0, 0.1) is 0 Å². The fraction of sp³-hybridized carbons (Fsp3) is 0.529. The Hall–Kier alpha value is -1.53. The molecule has 2 N–H and O–H groups in total. The highest BCUT2D eigenvalue weighted by Gasteiger charge is 2.38. The molecule has 0 saturated heterocycles. The smallest absolute Gasteiger partial charge is 0.304 e. The van der Waals surface area contributed by atoms with Crippen LogP contribution in [-0.4, -0.2) is 35.4 Å². The molecule has 0 atom stereocenters. The largest absolute Gasteiger partial charge is 0.481 e. The van der Waals surface area contributed by atoms with E-state index in [9.17, 15) is 9.59 Å².